The highest BCUT2D eigenvalue weighted by atomic mass is 19.1. The predicted octanol–water partition coefficient (Wildman–Crippen LogP) is 5.05. The second-order valence-corrected chi connectivity index (χ2v) is 6.71. The maximum atomic E-state index is 12.8. The van der Waals surface area contributed by atoms with Gasteiger partial charge in [-0.2, -0.15) is 0 Å². The molecule has 145 valence electrons. The quantitative estimate of drug-likeness (QED) is 0.535. The van der Waals surface area contributed by atoms with Gasteiger partial charge in [-0.05, 0) is 56.0 Å². The first-order valence-corrected chi connectivity index (χ1v) is 9.69. The molecule has 27 heavy (non-hydrogen) atoms. The number of anilines is 1. The molecule has 0 spiro atoms. The molecule has 5 heteroatoms. The number of nitrogens with one attached hydrogen (secondary N) is 2. The van der Waals surface area contributed by atoms with Crippen LogP contribution < -0.4 is 10.6 Å². The average Bonchev–Trinajstić information content (AvgIpc) is 2.66. The number of unbranched alkanes of at least 4 members (excludes halogenated alkanes) is 5. The van der Waals surface area contributed by atoms with Crippen molar-refractivity contribution >= 4 is 17.5 Å². The number of hydrogen-bond acceptors (Lipinski definition) is 2. The molecular weight excluding hydrogens is 343 g/mol. The van der Waals surface area contributed by atoms with Gasteiger partial charge in [-0.25, -0.2) is 4.39 Å². The van der Waals surface area contributed by atoms with Crippen LogP contribution in [-0.2, 0) is 9.59 Å². The summed E-state index contributed by atoms with van der Waals surface area (Å²) in [6, 6.07) is 5.78. The fourth-order valence-electron chi connectivity index (χ4n) is 2.86. The fraction of sp³-hybridized carbons (Fsp3) is 0.409. The third-order valence-corrected chi connectivity index (χ3v) is 4.36. The number of rotatable bonds is 11. The number of hydrogen-bond donors (Lipinski definition) is 2. The summed E-state index contributed by atoms with van der Waals surface area (Å²) in [5, 5.41) is 5.68. The van der Waals surface area contributed by atoms with Crippen LogP contribution in [0.4, 0.5) is 10.1 Å². The van der Waals surface area contributed by atoms with E-state index in [1.54, 1.807) is 12.1 Å². The minimum Gasteiger partial charge on any atom is -0.326 e. The topological polar surface area (TPSA) is 58.2 Å². The Morgan fingerprint density at radius 1 is 0.852 bits per heavy atom. The van der Waals surface area contributed by atoms with E-state index < -0.39 is 0 Å². The smallest absolute Gasteiger partial charge is 0.224 e. The second-order valence-electron chi connectivity index (χ2n) is 6.71. The normalized spacial score (nSPS) is 13.1. The summed E-state index contributed by atoms with van der Waals surface area (Å²) in [6.45, 7) is 0. The van der Waals surface area contributed by atoms with Crippen molar-refractivity contribution in [1.82, 2.24) is 5.32 Å². The molecule has 0 heterocycles. The van der Waals surface area contributed by atoms with Gasteiger partial charge in [0.1, 0.15) is 5.82 Å². The second kappa shape index (κ2) is 12.0. The highest BCUT2D eigenvalue weighted by Gasteiger charge is 2.05. The van der Waals surface area contributed by atoms with E-state index in [9.17, 15) is 14.0 Å². The minimum atomic E-state index is -0.313. The average molecular weight is 371 g/mol. The number of allylic oxidation sites excluding steroid dienone is 3. The van der Waals surface area contributed by atoms with E-state index in [1.807, 2.05) is 24.6 Å². The van der Waals surface area contributed by atoms with E-state index in [0.29, 0.717) is 18.5 Å². The highest BCUT2D eigenvalue weighted by molar-refractivity contribution is 5.90. The molecule has 0 aromatic heterocycles. The summed E-state index contributed by atoms with van der Waals surface area (Å²) >= 11 is 0. The molecule has 1 aromatic rings. The summed E-state index contributed by atoms with van der Waals surface area (Å²) in [5.41, 5.74) is 1.51. The molecule has 1 aliphatic rings. The molecule has 0 saturated heterocycles. The Kier molecular flexibility index (Phi) is 9.31. The Morgan fingerprint density at radius 3 is 2.04 bits per heavy atom. The molecule has 1 radical (unpaired) electrons. The van der Waals surface area contributed by atoms with Crippen molar-refractivity contribution in [3.63, 3.8) is 0 Å². The lowest BCUT2D eigenvalue weighted by Crippen LogP contribution is -2.21. The van der Waals surface area contributed by atoms with Gasteiger partial charge in [0.05, 0.1) is 0 Å². The monoisotopic (exact) mass is 371 g/mol. The molecule has 0 unspecified atom stereocenters. The maximum absolute atomic E-state index is 12.8. The summed E-state index contributed by atoms with van der Waals surface area (Å²) in [6.07, 6.45) is 15.7. The number of halogens is 1. The first-order chi connectivity index (χ1) is 13.1. The Morgan fingerprint density at radius 2 is 1.44 bits per heavy atom. The Balaban J connectivity index is 1.43. The standard InChI is InChI=1S/C22H28FN2O2/c23-18-14-16-20(17-15-18)25-22(27)13-9-4-2-1-3-8-12-21(26)24-19-10-6-5-7-11-19/h5-6,10-11,14-17H,1-4,7-9,12-13H2,(H,24,26)(H,25,27). The lowest BCUT2D eigenvalue weighted by molar-refractivity contribution is -0.120. The highest BCUT2D eigenvalue weighted by Crippen LogP contribution is 2.12. The van der Waals surface area contributed by atoms with Gasteiger partial charge >= 0.3 is 0 Å². The van der Waals surface area contributed by atoms with Crippen LogP contribution in [0.25, 0.3) is 0 Å². The van der Waals surface area contributed by atoms with Crippen LogP contribution in [0.3, 0.4) is 0 Å². The molecule has 0 bridgehead atoms. The van der Waals surface area contributed by atoms with Crippen molar-refractivity contribution in [3.8, 4) is 0 Å². The molecule has 2 amide bonds. The number of carbonyl (C=O) groups excluding carboxylic acids is 2. The van der Waals surface area contributed by atoms with E-state index in [-0.39, 0.29) is 17.6 Å². The van der Waals surface area contributed by atoms with Gasteiger partial charge in [-0.1, -0.05) is 37.8 Å². The zero-order valence-electron chi connectivity index (χ0n) is 15.7. The molecule has 2 rings (SSSR count). The van der Waals surface area contributed by atoms with Gasteiger partial charge in [0, 0.05) is 24.2 Å². The molecule has 1 aromatic carbocycles. The SMILES string of the molecule is O=C(CCCCCCCCC(=O)Nc1ccc(F)cc1)NC1=CC[CH]C=C1. The number of amides is 2. The lowest BCUT2D eigenvalue weighted by Gasteiger charge is -2.09. The van der Waals surface area contributed by atoms with Crippen LogP contribution in [0.2, 0.25) is 0 Å². The summed E-state index contributed by atoms with van der Waals surface area (Å²) in [4.78, 5) is 23.6. The summed E-state index contributed by atoms with van der Waals surface area (Å²) in [7, 11) is 0. The van der Waals surface area contributed by atoms with Crippen molar-refractivity contribution in [3.05, 3.63) is 60.4 Å². The van der Waals surface area contributed by atoms with Crippen molar-refractivity contribution in [2.75, 3.05) is 5.32 Å². The van der Waals surface area contributed by atoms with E-state index in [4.69, 9.17) is 0 Å². The van der Waals surface area contributed by atoms with Gasteiger partial charge in [-0.15, -0.1) is 0 Å². The fourth-order valence-corrected chi connectivity index (χ4v) is 2.86. The maximum Gasteiger partial charge on any atom is 0.224 e. The van der Waals surface area contributed by atoms with E-state index in [2.05, 4.69) is 10.6 Å². The van der Waals surface area contributed by atoms with Gasteiger partial charge in [0.25, 0.3) is 0 Å². The molecule has 1 aliphatic carbocycles. The third-order valence-electron chi connectivity index (χ3n) is 4.36. The van der Waals surface area contributed by atoms with Gasteiger partial charge < -0.3 is 10.6 Å². The molecule has 0 atom stereocenters. The molecular formula is C22H28FN2O2. The minimum absolute atomic E-state index is 0.0399. The molecule has 0 aliphatic heterocycles. The van der Waals surface area contributed by atoms with E-state index >= 15 is 0 Å². The predicted molar refractivity (Wildman–Crippen MR) is 106 cm³/mol. The number of carbonyl (C=O) groups is 2. The Hall–Kier alpha value is -2.43. The lowest BCUT2D eigenvalue weighted by atomic mass is 10.1. The molecule has 4 nitrogen and oxygen atoms in total. The van der Waals surface area contributed by atoms with E-state index in [0.717, 1.165) is 50.6 Å². The van der Waals surface area contributed by atoms with Crippen LogP contribution in [0.5, 0.6) is 0 Å². The van der Waals surface area contributed by atoms with Crippen molar-refractivity contribution < 1.29 is 14.0 Å². The first-order valence-electron chi connectivity index (χ1n) is 9.69. The van der Waals surface area contributed by atoms with Crippen molar-refractivity contribution in [2.45, 2.75) is 57.8 Å². The summed E-state index contributed by atoms with van der Waals surface area (Å²) < 4.78 is 12.8. The Bertz CT molecular complexity index is 665. The van der Waals surface area contributed by atoms with Crippen LogP contribution in [0, 0.1) is 12.2 Å². The molecule has 2 N–H and O–H groups in total. The number of benzene rings is 1. The first kappa shape index (κ1) is 20.9. The van der Waals surface area contributed by atoms with E-state index in [1.165, 1.54) is 12.1 Å². The van der Waals surface area contributed by atoms with Crippen molar-refractivity contribution in [1.29, 1.82) is 0 Å². The zero-order valence-corrected chi connectivity index (χ0v) is 15.7. The molecule has 0 saturated carbocycles. The molecule has 0 fully saturated rings. The van der Waals surface area contributed by atoms with Crippen molar-refractivity contribution in [2.24, 2.45) is 0 Å². The third kappa shape index (κ3) is 9.18. The largest absolute Gasteiger partial charge is 0.326 e. The van der Waals surface area contributed by atoms with Gasteiger partial charge in [0.15, 0.2) is 0 Å². The van der Waals surface area contributed by atoms with Crippen LogP contribution >= 0.6 is 0 Å². The van der Waals surface area contributed by atoms with Gasteiger partial charge in [0.2, 0.25) is 11.8 Å². The van der Waals surface area contributed by atoms with Crippen LogP contribution in [0.1, 0.15) is 57.8 Å². The summed E-state index contributed by atoms with van der Waals surface area (Å²) in [5.74, 6) is -0.278. The van der Waals surface area contributed by atoms with Gasteiger partial charge in [-0.3, -0.25) is 9.59 Å². The Labute approximate surface area is 160 Å². The van der Waals surface area contributed by atoms with Crippen LogP contribution in [-0.4, -0.2) is 11.8 Å². The zero-order chi connectivity index (χ0) is 19.3. The van der Waals surface area contributed by atoms with Crippen LogP contribution in [0.15, 0.2) is 48.2 Å².